The molecule has 3 N–H and O–H groups in total. The van der Waals surface area contributed by atoms with Gasteiger partial charge in [-0.1, -0.05) is 54.6 Å². The van der Waals surface area contributed by atoms with Crippen LogP contribution >= 0.6 is 24.0 Å². The van der Waals surface area contributed by atoms with E-state index in [1.807, 2.05) is 66.3 Å². The SMILES string of the molecule is CCNC(=NCc1ccccc1Cn1cccn1)NCCC(=O)NCc1ccccc1.I. The van der Waals surface area contributed by atoms with Crippen LogP contribution in [0.1, 0.15) is 30.0 Å². The van der Waals surface area contributed by atoms with Crippen LogP contribution in [0.3, 0.4) is 0 Å². The third kappa shape index (κ3) is 8.70. The molecule has 1 heterocycles. The van der Waals surface area contributed by atoms with E-state index < -0.39 is 0 Å². The minimum absolute atomic E-state index is 0. The molecule has 2 aromatic carbocycles. The lowest BCUT2D eigenvalue weighted by Gasteiger charge is -2.13. The first kappa shape index (κ1) is 25.4. The Kier molecular flexibility index (Phi) is 11.3. The summed E-state index contributed by atoms with van der Waals surface area (Å²) >= 11 is 0. The first-order valence-electron chi connectivity index (χ1n) is 10.6. The molecule has 3 rings (SSSR count). The van der Waals surface area contributed by atoms with Crippen LogP contribution < -0.4 is 16.0 Å². The van der Waals surface area contributed by atoms with Gasteiger partial charge in [-0.05, 0) is 29.7 Å². The number of amides is 1. The van der Waals surface area contributed by atoms with Crippen molar-refractivity contribution < 1.29 is 4.79 Å². The van der Waals surface area contributed by atoms with Crippen LogP contribution in [0.2, 0.25) is 0 Å². The number of carbonyl (C=O) groups excluding carboxylic acids is 1. The Morgan fingerprint density at radius 2 is 1.72 bits per heavy atom. The van der Waals surface area contributed by atoms with Crippen LogP contribution in [0, 0.1) is 0 Å². The molecule has 0 radical (unpaired) electrons. The second-order valence-corrected chi connectivity index (χ2v) is 7.11. The number of guanidine groups is 1. The Morgan fingerprint density at radius 1 is 0.969 bits per heavy atom. The summed E-state index contributed by atoms with van der Waals surface area (Å²) < 4.78 is 1.90. The number of hydrogen-bond donors (Lipinski definition) is 3. The molecule has 7 nitrogen and oxygen atoms in total. The molecule has 0 aliphatic heterocycles. The van der Waals surface area contributed by atoms with Gasteiger partial charge in [0, 0.05) is 38.4 Å². The van der Waals surface area contributed by atoms with Crippen molar-refractivity contribution in [2.45, 2.75) is 33.0 Å². The van der Waals surface area contributed by atoms with Gasteiger partial charge in [0.25, 0.3) is 0 Å². The summed E-state index contributed by atoms with van der Waals surface area (Å²) in [5.41, 5.74) is 3.43. The number of aromatic nitrogens is 2. The zero-order chi connectivity index (χ0) is 21.7. The van der Waals surface area contributed by atoms with Crippen molar-refractivity contribution in [2.24, 2.45) is 4.99 Å². The minimum atomic E-state index is 0. The highest BCUT2D eigenvalue weighted by molar-refractivity contribution is 14.0. The van der Waals surface area contributed by atoms with Crippen LogP contribution in [-0.2, 0) is 24.4 Å². The lowest BCUT2D eigenvalue weighted by atomic mass is 10.1. The van der Waals surface area contributed by atoms with Gasteiger partial charge >= 0.3 is 0 Å². The predicted molar refractivity (Wildman–Crippen MR) is 139 cm³/mol. The van der Waals surface area contributed by atoms with E-state index in [0.29, 0.717) is 38.6 Å². The van der Waals surface area contributed by atoms with Crippen LogP contribution in [-0.4, -0.2) is 34.7 Å². The molecule has 0 unspecified atom stereocenters. The third-order valence-electron chi connectivity index (χ3n) is 4.74. The van der Waals surface area contributed by atoms with Gasteiger partial charge < -0.3 is 16.0 Å². The van der Waals surface area contributed by atoms with E-state index in [0.717, 1.165) is 17.7 Å². The van der Waals surface area contributed by atoms with Crippen LogP contribution in [0.4, 0.5) is 0 Å². The summed E-state index contributed by atoms with van der Waals surface area (Å²) in [7, 11) is 0. The van der Waals surface area contributed by atoms with Gasteiger partial charge in [0.2, 0.25) is 5.91 Å². The summed E-state index contributed by atoms with van der Waals surface area (Å²) in [6.07, 6.45) is 4.12. The highest BCUT2D eigenvalue weighted by Gasteiger charge is 2.05. The number of benzene rings is 2. The van der Waals surface area contributed by atoms with Gasteiger partial charge in [-0.3, -0.25) is 9.48 Å². The minimum Gasteiger partial charge on any atom is -0.357 e. The lowest BCUT2D eigenvalue weighted by molar-refractivity contribution is -0.121. The number of nitrogens with zero attached hydrogens (tertiary/aromatic N) is 3. The number of halogens is 1. The first-order valence-corrected chi connectivity index (χ1v) is 10.6. The molecule has 0 saturated heterocycles. The van der Waals surface area contributed by atoms with Gasteiger partial charge in [0.1, 0.15) is 0 Å². The molecule has 0 bridgehead atoms. The van der Waals surface area contributed by atoms with Crippen LogP contribution in [0.25, 0.3) is 0 Å². The fourth-order valence-electron chi connectivity index (χ4n) is 3.12. The molecule has 170 valence electrons. The molecule has 0 aliphatic rings. The maximum absolute atomic E-state index is 12.1. The summed E-state index contributed by atoms with van der Waals surface area (Å²) in [5, 5.41) is 13.7. The molecule has 1 amide bonds. The normalized spacial score (nSPS) is 10.8. The van der Waals surface area contributed by atoms with E-state index in [9.17, 15) is 4.79 Å². The zero-order valence-electron chi connectivity index (χ0n) is 18.3. The van der Waals surface area contributed by atoms with Gasteiger partial charge in [-0.2, -0.15) is 5.10 Å². The van der Waals surface area contributed by atoms with E-state index in [1.165, 1.54) is 5.56 Å². The molecule has 0 fully saturated rings. The fourth-order valence-corrected chi connectivity index (χ4v) is 3.12. The van der Waals surface area contributed by atoms with E-state index in [2.05, 4.69) is 33.2 Å². The molecule has 0 spiro atoms. The second-order valence-electron chi connectivity index (χ2n) is 7.11. The van der Waals surface area contributed by atoms with E-state index in [1.54, 1.807) is 6.20 Å². The standard InChI is InChI=1S/C24H30N6O.HI/c1-2-25-24(26-15-13-23(31)27-17-20-9-4-3-5-10-20)28-18-21-11-6-7-12-22(21)19-30-16-8-14-29-30;/h3-12,14,16H,2,13,15,17-19H2,1H3,(H,27,31)(H2,25,26,28);1H. The topological polar surface area (TPSA) is 83.3 Å². The number of rotatable bonds is 10. The summed E-state index contributed by atoms with van der Waals surface area (Å²) in [5.74, 6) is 0.712. The smallest absolute Gasteiger partial charge is 0.222 e. The maximum Gasteiger partial charge on any atom is 0.222 e. The molecule has 3 aromatic rings. The predicted octanol–water partition coefficient (Wildman–Crippen LogP) is 3.31. The van der Waals surface area contributed by atoms with Crippen molar-refractivity contribution in [3.8, 4) is 0 Å². The van der Waals surface area contributed by atoms with Crippen molar-refractivity contribution in [3.63, 3.8) is 0 Å². The molecular weight excluding hydrogens is 515 g/mol. The quantitative estimate of drug-likeness (QED) is 0.207. The average Bonchev–Trinajstić information content (AvgIpc) is 3.31. The van der Waals surface area contributed by atoms with Crippen molar-refractivity contribution in [3.05, 3.63) is 89.7 Å². The molecule has 32 heavy (non-hydrogen) atoms. The Morgan fingerprint density at radius 3 is 2.44 bits per heavy atom. The number of nitrogens with one attached hydrogen (secondary N) is 3. The van der Waals surface area contributed by atoms with E-state index in [-0.39, 0.29) is 29.9 Å². The van der Waals surface area contributed by atoms with Crippen molar-refractivity contribution in [2.75, 3.05) is 13.1 Å². The molecule has 0 atom stereocenters. The maximum atomic E-state index is 12.1. The second kappa shape index (κ2) is 14.2. The van der Waals surface area contributed by atoms with E-state index >= 15 is 0 Å². The Labute approximate surface area is 206 Å². The molecule has 1 aromatic heterocycles. The number of aliphatic imine (C=N–C) groups is 1. The van der Waals surface area contributed by atoms with E-state index in [4.69, 9.17) is 4.99 Å². The van der Waals surface area contributed by atoms with Gasteiger partial charge in [-0.15, -0.1) is 24.0 Å². The van der Waals surface area contributed by atoms with Crippen molar-refractivity contribution in [1.29, 1.82) is 0 Å². The van der Waals surface area contributed by atoms with Crippen LogP contribution in [0.5, 0.6) is 0 Å². The molecule has 0 aliphatic carbocycles. The zero-order valence-corrected chi connectivity index (χ0v) is 20.7. The Hall–Kier alpha value is -2.88. The Balaban J connectivity index is 0.00000363. The summed E-state index contributed by atoms with van der Waals surface area (Å²) in [6.45, 7) is 5.09. The van der Waals surface area contributed by atoms with Crippen LogP contribution in [0.15, 0.2) is 78.0 Å². The van der Waals surface area contributed by atoms with Gasteiger partial charge in [0.05, 0.1) is 13.1 Å². The molecule has 8 heteroatoms. The summed E-state index contributed by atoms with van der Waals surface area (Å²) in [4.78, 5) is 16.8. The largest absolute Gasteiger partial charge is 0.357 e. The number of hydrogen-bond acceptors (Lipinski definition) is 3. The molecule has 0 saturated carbocycles. The van der Waals surface area contributed by atoms with Crippen molar-refractivity contribution >= 4 is 35.8 Å². The highest BCUT2D eigenvalue weighted by Crippen LogP contribution is 2.11. The third-order valence-corrected chi connectivity index (χ3v) is 4.74. The molecular formula is C24H31IN6O. The number of carbonyl (C=O) groups is 1. The van der Waals surface area contributed by atoms with Gasteiger partial charge in [0.15, 0.2) is 5.96 Å². The Bertz CT molecular complexity index is 960. The average molecular weight is 546 g/mol. The lowest BCUT2D eigenvalue weighted by Crippen LogP contribution is -2.39. The fraction of sp³-hybridized carbons (Fsp3) is 0.292. The first-order chi connectivity index (χ1) is 15.2. The van der Waals surface area contributed by atoms with Gasteiger partial charge in [-0.25, -0.2) is 4.99 Å². The monoisotopic (exact) mass is 546 g/mol. The highest BCUT2D eigenvalue weighted by atomic mass is 127. The van der Waals surface area contributed by atoms with Crippen molar-refractivity contribution in [1.82, 2.24) is 25.7 Å². The summed E-state index contributed by atoms with van der Waals surface area (Å²) in [6, 6.07) is 20.1.